The van der Waals surface area contributed by atoms with E-state index < -0.39 is 17.4 Å². The van der Waals surface area contributed by atoms with Crippen molar-refractivity contribution in [2.24, 2.45) is 0 Å². The van der Waals surface area contributed by atoms with E-state index >= 15 is 0 Å². The van der Waals surface area contributed by atoms with E-state index in [1.54, 1.807) is 43.3 Å². The number of pyridine rings is 1. The Morgan fingerprint density at radius 2 is 1.92 bits per heavy atom. The lowest BCUT2D eigenvalue weighted by Crippen LogP contribution is -2.20. The third-order valence-electron chi connectivity index (χ3n) is 4.23. The molecule has 3 N–H and O–H groups in total. The van der Waals surface area contributed by atoms with E-state index in [4.69, 9.17) is 4.74 Å². The van der Waals surface area contributed by atoms with Crippen molar-refractivity contribution in [1.29, 1.82) is 0 Å². The molecule has 0 saturated heterocycles. The van der Waals surface area contributed by atoms with Gasteiger partial charge in [-0.3, -0.25) is 9.59 Å². The number of ether oxygens (including phenoxy) is 1. The highest BCUT2D eigenvalue weighted by Crippen LogP contribution is 2.36. The number of fused-ring (bicyclic) bond motifs is 1. The van der Waals surface area contributed by atoms with Gasteiger partial charge in [0.15, 0.2) is 0 Å². The predicted molar refractivity (Wildman–Crippen MR) is 97.4 cm³/mol. The molecule has 3 rings (SSSR count). The van der Waals surface area contributed by atoms with E-state index in [1.807, 2.05) is 0 Å². The second-order valence-corrected chi connectivity index (χ2v) is 5.92. The number of H-pyrrole nitrogens is 1. The lowest BCUT2D eigenvalue weighted by Gasteiger charge is -2.18. The largest absolute Gasteiger partial charge is 0.508 e. The number of phenolic OH excluding ortho intramolecular Hbond substituents is 1. The van der Waals surface area contributed by atoms with Gasteiger partial charge in [-0.25, -0.2) is 0 Å². The summed E-state index contributed by atoms with van der Waals surface area (Å²) in [5.41, 5.74) is 0.625. The fourth-order valence-electron chi connectivity index (χ4n) is 3.08. The molecule has 2 aromatic carbocycles. The molecular weight excluding hydrogens is 334 g/mol. The summed E-state index contributed by atoms with van der Waals surface area (Å²) >= 11 is 0. The molecule has 0 radical (unpaired) electrons. The number of hydrogen-bond donors (Lipinski definition) is 3. The van der Waals surface area contributed by atoms with Crippen molar-refractivity contribution in [3.63, 3.8) is 0 Å². The second-order valence-electron chi connectivity index (χ2n) is 5.92. The summed E-state index contributed by atoms with van der Waals surface area (Å²) in [5, 5.41) is 21.0. The zero-order valence-corrected chi connectivity index (χ0v) is 14.2. The molecular formula is C20H19NO5. The third kappa shape index (κ3) is 3.39. The molecule has 3 aromatic rings. The van der Waals surface area contributed by atoms with Crippen molar-refractivity contribution in [1.82, 2.24) is 4.98 Å². The molecule has 0 fully saturated rings. The van der Waals surface area contributed by atoms with E-state index in [2.05, 4.69) is 4.98 Å². The highest BCUT2D eigenvalue weighted by molar-refractivity contribution is 5.86. The predicted octanol–water partition coefficient (Wildman–Crippen LogP) is 3.02. The normalized spacial score (nSPS) is 12.0. The molecule has 1 aromatic heterocycles. The standard InChI is InChI=1S/C20H19NO5/c1-2-26-17(23)11-15(12-6-5-7-13(22)10-12)18-19(24)14-8-3-4-9-16(14)21-20(18)25/h3-10,15,22H,2,11H2,1H3,(H2,21,24,25)/t15-/m1/s1. The van der Waals surface area contributed by atoms with Gasteiger partial charge in [0, 0.05) is 11.3 Å². The molecule has 0 aliphatic heterocycles. The molecule has 1 heterocycles. The van der Waals surface area contributed by atoms with Crippen LogP contribution in [-0.4, -0.2) is 27.8 Å². The van der Waals surface area contributed by atoms with Crippen molar-refractivity contribution in [2.75, 3.05) is 6.61 Å². The summed E-state index contributed by atoms with van der Waals surface area (Å²) in [6, 6.07) is 13.2. The Hall–Kier alpha value is -3.28. The van der Waals surface area contributed by atoms with Crippen LogP contribution in [0.3, 0.4) is 0 Å². The van der Waals surface area contributed by atoms with Gasteiger partial charge < -0.3 is 19.9 Å². The Labute approximate surface area is 149 Å². The van der Waals surface area contributed by atoms with Crippen LogP contribution in [0.15, 0.2) is 53.3 Å². The first-order valence-corrected chi connectivity index (χ1v) is 8.29. The average Bonchev–Trinajstić information content (AvgIpc) is 2.61. The molecule has 0 unspecified atom stereocenters. The number of aromatic amines is 1. The van der Waals surface area contributed by atoms with E-state index in [0.29, 0.717) is 16.5 Å². The average molecular weight is 353 g/mol. The maximum Gasteiger partial charge on any atom is 0.306 e. The number of aromatic hydroxyl groups is 2. The van der Waals surface area contributed by atoms with Gasteiger partial charge in [-0.05, 0) is 36.8 Å². The van der Waals surface area contributed by atoms with Crippen molar-refractivity contribution in [2.45, 2.75) is 19.3 Å². The van der Waals surface area contributed by atoms with Gasteiger partial charge in [-0.1, -0.05) is 24.3 Å². The maximum absolute atomic E-state index is 12.7. The van der Waals surface area contributed by atoms with Crippen LogP contribution in [0.1, 0.15) is 30.4 Å². The van der Waals surface area contributed by atoms with Gasteiger partial charge in [0.05, 0.1) is 24.1 Å². The number of nitrogens with one attached hydrogen (secondary N) is 1. The number of rotatable bonds is 5. The summed E-state index contributed by atoms with van der Waals surface area (Å²) in [7, 11) is 0. The molecule has 0 aliphatic rings. The summed E-state index contributed by atoms with van der Waals surface area (Å²) < 4.78 is 5.02. The van der Waals surface area contributed by atoms with Crippen LogP contribution < -0.4 is 5.56 Å². The minimum Gasteiger partial charge on any atom is -0.508 e. The fourth-order valence-corrected chi connectivity index (χ4v) is 3.08. The zero-order valence-electron chi connectivity index (χ0n) is 14.2. The van der Waals surface area contributed by atoms with Gasteiger partial charge in [0.2, 0.25) is 0 Å². The van der Waals surface area contributed by atoms with Crippen molar-refractivity contribution in [3.05, 3.63) is 70.0 Å². The van der Waals surface area contributed by atoms with E-state index in [1.165, 1.54) is 12.1 Å². The first-order chi connectivity index (χ1) is 12.5. The number of para-hydroxylation sites is 1. The lowest BCUT2D eigenvalue weighted by atomic mass is 9.87. The highest BCUT2D eigenvalue weighted by Gasteiger charge is 2.26. The Bertz CT molecular complexity index is 1010. The number of aromatic nitrogens is 1. The van der Waals surface area contributed by atoms with Gasteiger partial charge in [0.25, 0.3) is 5.56 Å². The van der Waals surface area contributed by atoms with Crippen LogP contribution in [0.4, 0.5) is 0 Å². The second kappa shape index (κ2) is 7.31. The SMILES string of the molecule is CCOC(=O)C[C@H](c1cccc(O)c1)c1c(O)c2ccccc2[nH]c1=O. The smallest absolute Gasteiger partial charge is 0.306 e. The number of benzene rings is 2. The number of carbonyl (C=O) groups is 1. The summed E-state index contributed by atoms with van der Waals surface area (Å²) in [4.78, 5) is 27.5. The molecule has 0 saturated carbocycles. The molecule has 26 heavy (non-hydrogen) atoms. The van der Waals surface area contributed by atoms with E-state index in [0.717, 1.165) is 0 Å². The Balaban J connectivity index is 2.20. The Kier molecular flexibility index (Phi) is 4.93. The van der Waals surface area contributed by atoms with Gasteiger partial charge >= 0.3 is 5.97 Å². The molecule has 6 heteroatoms. The van der Waals surface area contributed by atoms with Gasteiger partial charge in [0.1, 0.15) is 11.5 Å². The lowest BCUT2D eigenvalue weighted by molar-refractivity contribution is -0.143. The molecule has 6 nitrogen and oxygen atoms in total. The topological polar surface area (TPSA) is 99.6 Å². The molecule has 0 amide bonds. The van der Waals surface area contributed by atoms with Crippen LogP contribution in [0, 0.1) is 0 Å². The van der Waals surface area contributed by atoms with Crippen molar-refractivity contribution in [3.8, 4) is 11.5 Å². The van der Waals surface area contributed by atoms with Crippen LogP contribution >= 0.6 is 0 Å². The summed E-state index contributed by atoms with van der Waals surface area (Å²) in [5.74, 6) is -1.42. The van der Waals surface area contributed by atoms with Crippen LogP contribution in [0.5, 0.6) is 11.5 Å². The Morgan fingerprint density at radius 3 is 2.65 bits per heavy atom. The van der Waals surface area contributed by atoms with Crippen LogP contribution in [0.25, 0.3) is 10.9 Å². The number of phenols is 1. The number of esters is 1. The minimum atomic E-state index is -0.755. The van der Waals surface area contributed by atoms with E-state index in [9.17, 15) is 19.8 Å². The molecule has 0 aliphatic carbocycles. The third-order valence-corrected chi connectivity index (χ3v) is 4.23. The highest BCUT2D eigenvalue weighted by atomic mass is 16.5. The van der Waals surface area contributed by atoms with Crippen LogP contribution in [-0.2, 0) is 9.53 Å². The maximum atomic E-state index is 12.7. The van der Waals surface area contributed by atoms with Gasteiger partial charge in [-0.2, -0.15) is 0 Å². The first-order valence-electron chi connectivity index (χ1n) is 8.29. The van der Waals surface area contributed by atoms with Gasteiger partial charge in [-0.15, -0.1) is 0 Å². The van der Waals surface area contributed by atoms with Crippen molar-refractivity contribution < 1.29 is 19.7 Å². The number of hydrogen-bond acceptors (Lipinski definition) is 5. The monoisotopic (exact) mass is 353 g/mol. The van der Waals surface area contributed by atoms with Crippen LogP contribution in [0.2, 0.25) is 0 Å². The summed E-state index contributed by atoms with van der Waals surface area (Å²) in [6.45, 7) is 1.91. The first kappa shape index (κ1) is 17.5. The molecule has 0 spiro atoms. The van der Waals surface area contributed by atoms with Crippen molar-refractivity contribution >= 4 is 16.9 Å². The number of carbonyl (C=O) groups excluding carboxylic acids is 1. The summed E-state index contributed by atoms with van der Waals surface area (Å²) in [6.07, 6.45) is -0.133. The fraction of sp³-hybridized carbons (Fsp3) is 0.200. The molecule has 0 bridgehead atoms. The minimum absolute atomic E-state index is 0.00747. The molecule has 1 atom stereocenters. The quantitative estimate of drug-likeness (QED) is 0.612. The Morgan fingerprint density at radius 1 is 1.15 bits per heavy atom. The zero-order chi connectivity index (χ0) is 18.7. The van der Waals surface area contributed by atoms with E-state index in [-0.39, 0.29) is 30.1 Å². The molecule has 134 valence electrons.